The predicted octanol–water partition coefficient (Wildman–Crippen LogP) is 4.07. The van der Waals surface area contributed by atoms with Crippen LogP contribution in [-0.2, 0) is 40.5 Å². The smallest absolute Gasteiger partial charge is 0.270 e. The Morgan fingerprint density at radius 3 is 2.22 bits per heavy atom. The number of carbonyl (C=O) groups excluding carboxylic acids is 1. The SMILES string of the molecule is O=C([C@H](Cc1ccc(O[S+](=O)([O-])c2cccc3cccnc23)cc1)N[S+](=O)([O-])c1ccccn1)N1CCN(c2ccccc2)CC1. The summed E-state index contributed by atoms with van der Waals surface area (Å²) in [5.41, 5.74) is 1.96. The van der Waals surface area contributed by atoms with Crippen molar-refractivity contribution in [3.8, 4) is 5.75 Å². The largest absolute Gasteiger partial charge is 0.592 e. The second-order valence-electron chi connectivity index (χ2n) is 10.7. The predicted molar refractivity (Wildman–Crippen MR) is 173 cm³/mol. The number of fused-ring (bicyclic) bond motifs is 1. The maximum absolute atomic E-state index is 13.8. The van der Waals surface area contributed by atoms with Crippen LogP contribution in [0.25, 0.3) is 10.9 Å². The van der Waals surface area contributed by atoms with E-state index in [1.807, 2.05) is 30.3 Å². The lowest BCUT2D eigenvalue weighted by molar-refractivity contribution is -0.133. The summed E-state index contributed by atoms with van der Waals surface area (Å²) >= 11 is 0. The molecule has 0 saturated carbocycles. The number of benzene rings is 3. The van der Waals surface area contributed by atoms with E-state index in [2.05, 4.69) is 19.6 Å². The van der Waals surface area contributed by atoms with Gasteiger partial charge in [0.25, 0.3) is 15.5 Å². The Kier molecular flexibility index (Phi) is 9.20. The van der Waals surface area contributed by atoms with Crippen LogP contribution in [0.3, 0.4) is 0 Å². The van der Waals surface area contributed by atoms with Crippen molar-refractivity contribution in [1.82, 2.24) is 19.6 Å². The zero-order chi connectivity index (χ0) is 32.1. The Morgan fingerprint density at radius 1 is 0.804 bits per heavy atom. The summed E-state index contributed by atoms with van der Waals surface area (Å²) in [7, 11) is -8.34. The molecular formula is C33H31N5O6S2. The highest BCUT2D eigenvalue weighted by Crippen LogP contribution is 2.28. The van der Waals surface area contributed by atoms with E-state index in [-0.39, 0.29) is 28.0 Å². The van der Waals surface area contributed by atoms with E-state index in [9.17, 15) is 22.3 Å². The van der Waals surface area contributed by atoms with Gasteiger partial charge in [-0.2, -0.15) is 0 Å². The summed E-state index contributed by atoms with van der Waals surface area (Å²) in [5, 5.41) is 0.464. The number of nitrogens with one attached hydrogen (secondary N) is 1. The molecule has 1 aliphatic rings. The molecular weight excluding hydrogens is 627 g/mol. The number of hydrogen-bond acceptors (Lipinski definition) is 9. The minimum absolute atomic E-state index is 0.0179. The summed E-state index contributed by atoms with van der Waals surface area (Å²) in [6.45, 7) is 2.04. The standard InChI is InChI=1S/C33H31N5O6S2/c39-33(38-22-20-37(21-23-38)27-10-2-1-3-11-27)29(36-45(40,41)31-13-4-5-18-34-31)24-25-14-16-28(17-15-25)44-46(42,43)30-12-6-8-26-9-7-19-35-32(26)30/h1-19,29H,20-24H2,(H-2,36,40,41,42,43)/t29-/m0/s1. The fourth-order valence-electron chi connectivity index (χ4n) is 5.34. The molecule has 2 aromatic heterocycles. The molecule has 3 aromatic carbocycles. The van der Waals surface area contributed by atoms with Gasteiger partial charge in [0.05, 0.1) is 0 Å². The summed E-state index contributed by atoms with van der Waals surface area (Å²) in [5.74, 6) is -0.302. The first-order chi connectivity index (χ1) is 22.2. The summed E-state index contributed by atoms with van der Waals surface area (Å²) in [6.07, 6.45) is 2.90. The van der Waals surface area contributed by atoms with Crippen molar-refractivity contribution in [2.75, 3.05) is 31.1 Å². The van der Waals surface area contributed by atoms with Crippen molar-refractivity contribution in [2.45, 2.75) is 22.4 Å². The van der Waals surface area contributed by atoms with Gasteiger partial charge < -0.3 is 18.9 Å². The molecule has 5 aromatic rings. The Balaban J connectivity index is 1.19. The quantitative estimate of drug-likeness (QED) is 0.219. The minimum atomic E-state index is -4.21. The third-order valence-corrected chi connectivity index (χ3v) is 10.3. The molecule has 2 unspecified atom stereocenters. The number of nitrogens with zero attached hydrogens (tertiary/aromatic N) is 4. The Morgan fingerprint density at radius 2 is 1.50 bits per heavy atom. The van der Waals surface area contributed by atoms with Crippen molar-refractivity contribution in [3.05, 3.63) is 121 Å². The summed E-state index contributed by atoms with van der Waals surface area (Å²) < 4.78 is 60.8. The number of pyridine rings is 2. The maximum Gasteiger partial charge on any atom is 0.270 e. The van der Waals surface area contributed by atoms with Crippen LogP contribution in [0.2, 0.25) is 0 Å². The fraction of sp³-hybridized carbons (Fsp3) is 0.182. The third-order valence-electron chi connectivity index (χ3n) is 7.66. The van der Waals surface area contributed by atoms with Crippen LogP contribution >= 0.6 is 0 Å². The lowest BCUT2D eigenvalue weighted by Crippen LogP contribution is -2.56. The van der Waals surface area contributed by atoms with Crippen molar-refractivity contribution in [1.29, 1.82) is 0 Å². The van der Waals surface area contributed by atoms with Gasteiger partial charge in [-0.05, 0) is 48.0 Å². The average Bonchev–Trinajstić information content (AvgIpc) is 3.09. The zero-order valence-electron chi connectivity index (χ0n) is 24.6. The average molecular weight is 658 g/mol. The lowest BCUT2D eigenvalue weighted by Gasteiger charge is -2.37. The molecule has 0 bridgehead atoms. The van der Waals surface area contributed by atoms with E-state index >= 15 is 0 Å². The first-order valence-corrected chi connectivity index (χ1v) is 17.5. The molecule has 1 aliphatic heterocycles. The topological polar surface area (TPSA) is 151 Å². The van der Waals surface area contributed by atoms with E-state index in [4.69, 9.17) is 4.18 Å². The van der Waals surface area contributed by atoms with Crippen LogP contribution < -0.4 is 13.8 Å². The summed E-state index contributed by atoms with van der Waals surface area (Å²) in [4.78, 5) is 25.8. The number of hydrogen-bond donors (Lipinski definition) is 1. The molecule has 13 heteroatoms. The van der Waals surface area contributed by atoms with Gasteiger partial charge in [0.2, 0.25) is 10.8 Å². The van der Waals surface area contributed by atoms with E-state index in [0.29, 0.717) is 42.6 Å². The maximum atomic E-state index is 13.8. The first kappa shape index (κ1) is 31.5. The Bertz CT molecular complexity index is 1900. The van der Waals surface area contributed by atoms with E-state index in [1.165, 1.54) is 36.7 Å². The number of carbonyl (C=O) groups is 1. The molecule has 3 atom stereocenters. The molecule has 1 fully saturated rings. The Labute approximate surface area is 269 Å². The molecule has 3 heterocycles. The van der Waals surface area contributed by atoms with Crippen LogP contribution in [0.4, 0.5) is 5.69 Å². The molecule has 1 amide bonds. The van der Waals surface area contributed by atoms with E-state index < -0.39 is 26.9 Å². The monoisotopic (exact) mass is 657 g/mol. The molecule has 0 spiro atoms. The van der Waals surface area contributed by atoms with E-state index in [0.717, 1.165) is 5.69 Å². The first-order valence-electron chi connectivity index (χ1n) is 14.6. The van der Waals surface area contributed by atoms with Gasteiger partial charge in [0.15, 0.2) is 16.1 Å². The molecule has 11 nitrogen and oxygen atoms in total. The van der Waals surface area contributed by atoms with Crippen LogP contribution in [0.5, 0.6) is 5.75 Å². The highest BCUT2D eigenvalue weighted by molar-refractivity contribution is 7.95. The lowest BCUT2D eigenvalue weighted by atomic mass is 10.0. The number of aromatic nitrogens is 2. The van der Waals surface area contributed by atoms with Crippen molar-refractivity contribution >= 4 is 43.4 Å². The molecule has 236 valence electrons. The molecule has 0 radical (unpaired) electrons. The second kappa shape index (κ2) is 13.4. The number of para-hydroxylation sites is 2. The molecule has 1 saturated heterocycles. The second-order valence-corrected chi connectivity index (χ2v) is 13.9. The number of rotatable bonds is 10. The molecule has 0 aliphatic carbocycles. The van der Waals surface area contributed by atoms with Crippen LogP contribution in [0, 0.1) is 0 Å². The van der Waals surface area contributed by atoms with Gasteiger partial charge in [0, 0.05) is 62.1 Å². The van der Waals surface area contributed by atoms with Crippen LogP contribution in [-0.4, -0.2) is 62.1 Å². The zero-order valence-corrected chi connectivity index (χ0v) is 26.3. The van der Waals surface area contributed by atoms with Crippen molar-refractivity contribution in [2.24, 2.45) is 0 Å². The summed E-state index contributed by atoms with van der Waals surface area (Å²) in [6, 6.07) is 27.7. The van der Waals surface area contributed by atoms with Gasteiger partial charge in [-0.15, -0.1) is 4.72 Å². The van der Waals surface area contributed by atoms with Gasteiger partial charge in [-0.25, -0.2) is 4.98 Å². The van der Waals surface area contributed by atoms with Crippen molar-refractivity contribution in [3.63, 3.8) is 0 Å². The van der Waals surface area contributed by atoms with Crippen LogP contribution in [0.15, 0.2) is 125 Å². The minimum Gasteiger partial charge on any atom is -0.592 e. The highest BCUT2D eigenvalue weighted by Gasteiger charge is 2.35. The number of piperazine rings is 1. The van der Waals surface area contributed by atoms with Gasteiger partial charge in [-0.3, -0.25) is 14.0 Å². The van der Waals surface area contributed by atoms with Gasteiger partial charge in [0.1, 0.15) is 11.6 Å². The van der Waals surface area contributed by atoms with Crippen molar-refractivity contribution < 1.29 is 26.5 Å². The van der Waals surface area contributed by atoms with Gasteiger partial charge in [-0.1, -0.05) is 63.0 Å². The number of amides is 1. The molecule has 1 N–H and O–H groups in total. The van der Waals surface area contributed by atoms with Crippen LogP contribution in [0.1, 0.15) is 5.56 Å². The third kappa shape index (κ3) is 7.14. The van der Waals surface area contributed by atoms with Gasteiger partial charge >= 0.3 is 0 Å². The highest BCUT2D eigenvalue weighted by atomic mass is 32.3. The number of anilines is 1. The normalized spacial score (nSPS) is 16.7. The number of sulfonamides is 1. The fourth-order valence-corrected chi connectivity index (χ4v) is 7.59. The molecule has 6 rings (SSSR count). The van der Waals surface area contributed by atoms with E-state index in [1.54, 1.807) is 53.4 Å². The molecule has 46 heavy (non-hydrogen) atoms. The Hall–Kier alpha value is -4.53.